The van der Waals surface area contributed by atoms with Gasteiger partial charge in [0.05, 0.1) is 0 Å². The lowest BCUT2D eigenvalue weighted by Gasteiger charge is -2.11. The standard InChI is InChI=1S/C12H14BrNO/c1-2-12(5-6-12)11(15)8-3-4-10(14)9(13)7-8/h3-4,7H,2,5-6,14H2,1H3. The Labute approximate surface area is 98.0 Å². The van der Waals surface area contributed by atoms with Gasteiger partial charge in [-0.3, -0.25) is 4.79 Å². The van der Waals surface area contributed by atoms with E-state index in [2.05, 4.69) is 22.9 Å². The molecule has 1 aromatic rings. The first kappa shape index (κ1) is 10.7. The van der Waals surface area contributed by atoms with Gasteiger partial charge in [0.15, 0.2) is 5.78 Å². The zero-order valence-corrected chi connectivity index (χ0v) is 10.3. The quantitative estimate of drug-likeness (QED) is 0.674. The van der Waals surface area contributed by atoms with E-state index >= 15 is 0 Å². The molecular formula is C12H14BrNO. The van der Waals surface area contributed by atoms with Crippen LogP contribution in [0.25, 0.3) is 0 Å². The summed E-state index contributed by atoms with van der Waals surface area (Å²) in [6.45, 7) is 2.08. The van der Waals surface area contributed by atoms with Crippen LogP contribution in [0.3, 0.4) is 0 Å². The van der Waals surface area contributed by atoms with E-state index in [-0.39, 0.29) is 11.2 Å². The average molecular weight is 268 g/mol. The van der Waals surface area contributed by atoms with Crippen LogP contribution in [0.5, 0.6) is 0 Å². The van der Waals surface area contributed by atoms with Crippen LogP contribution in [0.2, 0.25) is 0 Å². The van der Waals surface area contributed by atoms with Gasteiger partial charge in [-0.1, -0.05) is 6.92 Å². The molecule has 1 aliphatic rings. The van der Waals surface area contributed by atoms with E-state index < -0.39 is 0 Å². The van der Waals surface area contributed by atoms with Gasteiger partial charge in [-0.15, -0.1) is 0 Å². The van der Waals surface area contributed by atoms with Crippen LogP contribution in [0.4, 0.5) is 5.69 Å². The molecule has 0 heterocycles. The van der Waals surface area contributed by atoms with Gasteiger partial charge in [0.2, 0.25) is 0 Å². The lowest BCUT2D eigenvalue weighted by atomic mass is 9.92. The summed E-state index contributed by atoms with van der Waals surface area (Å²) >= 11 is 3.35. The summed E-state index contributed by atoms with van der Waals surface area (Å²) in [6, 6.07) is 5.43. The largest absolute Gasteiger partial charge is 0.398 e. The Hall–Kier alpha value is -0.830. The van der Waals surface area contributed by atoms with E-state index in [0.29, 0.717) is 5.69 Å². The number of nitrogen functional groups attached to an aromatic ring is 1. The first-order valence-corrected chi connectivity index (χ1v) is 5.98. The fourth-order valence-corrected chi connectivity index (χ4v) is 2.25. The topological polar surface area (TPSA) is 43.1 Å². The maximum atomic E-state index is 12.2. The van der Waals surface area contributed by atoms with Gasteiger partial charge in [-0.25, -0.2) is 0 Å². The van der Waals surface area contributed by atoms with Gasteiger partial charge < -0.3 is 5.73 Å². The molecule has 1 fully saturated rings. The maximum Gasteiger partial charge on any atom is 0.169 e. The van der Waals surface area contributed by atoms with Crippen LogP contribution in [0, 0.1) is 5.41 Å². The molecule has 2 N–H and O–H groups in total. The molecule has 0 atom stereocenters. The predicted octanol–water partition coefficient (Wildman–Crippen LogP) is 3.40. The third-order valence-electron chi connectivity index (χ3n) is 3.27. The number of Topliss-reactive ketones (excluding diaryl/α,β-unsaturated/α-hetero) is 1. The molecule has 0 aromatic heterocycles. The van der Waals surface area contributed by atoms with Gasteiger partial charge in [-0.2, -0.15) is 0 Å². The maximum absolute atomic E-state index is 12.2. The monoisotopic (exact) mass is 267 g/mol. The Kier molecular flexibility index (Phi) is 2.59. The van der Waals surface area contributed by atoms with Crippen molar-refractivity contribution in [3.05, 3.63) is 28.2 Å². The van der Waals surface area contributed by atoms with Gasteiger partial charge in [-0.05, 0) is 53.4 Å². The molecule has 1 aliphatic carbocycles. The van der Waals surface area contributed by atoms with Gasteiger partial charge in [0.25, 0.3) is 0 Å². The van der Waals surface area contributed by atoms with Gasteiger partial charge in [0, 0.05) is 21.1 Å². The lowest BCUT2D eigenvalue weighted by molar-refractivity contribution is 0.0896. The number of hydrogen-bond acceptors (Lipinski definition) is 2. The highest BCUT2D eigenvalue weighted by Crippen LogP contribution is 2.51. The lowest BCUT2D eigenvalue weighted by Crippen LogP contribution is -2.15. The number of rotatable bonds is 3. The van der Waals surface area contributed by atoms with Crippen LogP contribution >= 0.6 is 15.9 Å². The highest BCUT2D eigenvalue weighted by molar-refractivity contribution is 9.10. The van der Waals surface area contributed by atoms with E-state index in [9.17, 15) is 4.79 Å². The number of anilines is 1. The third kappa shape index (κ3) is 1.81. The van der Waals surface area contributed by atoms with Crippen molar-refractivity contribution in [2.24, 2.45) is 5.41 Å². The number of carbonyl (C=O) groups is 1. The molecule has 2 nitrogen and oxygen atoms in total. The molecule has 1 aromatic carbocycles. The molecule has 1 saturated carbocycles. The highest BCUT2D eigenvalue weighted by atomic mass is 79.9. The second kappa shape index (κ2) is 3.63. The molecule has 2 rings (SSSR count). The predicted molar refractivity (Wildman–Crippen MR) is 64.8 cm³/mol. The minimum atomic E-state index is -0.0600. The van der Waals surface area contributed by atoms with Crippen molar-refractivity contribution < 1.29 is 4.79 Å². The summed E-state index contributed by atoms with van der Waals surface area (Å²) in [7, 11) is 0. The summed E-state index contributed by atoms with van der Waals surface area (Å²) < 4.78 is 0.806. The highest BCUT2D eigenvalue weighted by Gasteiger charge is 2.47. The molecule has 15 heavy (non-hydrogen) atoms. The van der Waals surface area contributed by atoms with E-state index in [4.69, 9.17) is 5.73 Å². The first-order valence-electron chi connectivity index (χ1n) is 5.19. The molecule has 0 radical (unpaired) electrons. The minimum absolute atomic E-state index is 0.0600. The number of hydrogen-bond donors (Lipinski definition) is 1. The fourth-order valence-electron chi connectivity index (χ4n) is 1.87. The number of nitrogens with two attached hydrogens (primary N) is 1. The van der Waals surface area contributed by atoms with Crippen molar-refractivity contribution in [3.8, 4) is 0 Å². The van der Waals surface area contributed by atoms with E-state index in [0.717, 1.165) is 29.3 Å². The van der Waals surface area contributed by atoms with Crippen molar-refractivity contribution >= 4 is 27.4 Å². The minimum Gasteiger partial charge on any atom is -0.398 e. The SMILES string of the molecule is CCC1(C(=O)c2ccc(N)c(Br)c2)CC1. The van der Waals surface area contributed by atoms with E-state index in [1.54, 1.807) is 6.07 Å². The van der Waals surface area contributed by atoms with E-state index in [1.165, 1.54) is 0 Å². The van der Waals surface area contributed by atoms with Crippen LogP contribution in [0.1, 0.15) is 36.5 Å². The zero-order valence-electron chi connectivity index (χ0n) is 8.72. The van der Waals surface area contributed by atoms with Crippen molar-refractivity contribution in [1.82, 2.24) is 0 Å². The smallest absolute Gasteiger partial charge is 0.169 e. The van der Waals surface area contributed by atoms with Gasteiger partial charge >= 0.3 is 0 Å². The fraction of sp³-hybridized carbons (Fsp3) is 0.417. The summed E-state index contributed by atoms with van der Waals surface area (Å²) in [4.78, 5) is 12.2. The molecular weight excluding hydrogens is 254 g/mol. The van der Waals surface area contributed by atoms with Crippen LogP contribution in [0.15, 0.2) is 22.7 Å². The Morgan fingerprint density at radius 1 is 1.53 bits per heavy atom. The van der Waals surface area contributed by atoms with Crippen LogP contribution in [-0.2, 0) is 0 Å². The zero-order chi connectivity index (χ0) is 11.1. The molecule has 80 valence electrons. The summed E-state index contributed by atoms with van der Waals surface area (Å²) in [6.07, 6.45) is 3.00. The third-order valence-corrected chi connectivity index (χ3v) is 3.96. The van der Waals surface area contributed by atoms with Crippen molar-refractivity contribution in [2.45, 2.75) is 26.2 Å². The summed E-state index contributed by atoms with van der Waals surface area (Å²) in [5.41, 5.74) is 7.08. The Bertz CT molecular complexity index is 410. The number of ketones is 1. The number of halogens is 1. The molecule has 0 bridgehead atoms. The second-order valence-corrected chi connectivity index (χ2v) is 5.05. The summed E-state index contributed by atoms with van der Waals surface area (Å²) in [5.74, 6) is 0.269. The first-order chi connectivity index (χ1) is 7.09. The normalized spacial score (nSPS) is 17.5. The molecule has 0 saturated heterocycles. The van der Waals surface area contributed by atoms with Crippen LogP contribution in [-0.4, -0.2) is 5.78 Å². The second-order valence-electron chi connectivity index (χ2n) is 4.20. The van der Waals surface area contributed by atoms with Crippen molar-refractivity contribution in [3.63, 3.8) is 0 Å². The number of carbonyl (C=O) groups excluding carboxylic acids is 1. The molecule has 0 amide bonds. The average Bonchev–Trinajstić information content (AvgIpc) is 3.02. The van der Waals surface area contributed by atoms with Gasteiger partial charge in [0.1, 0.15) is 0 Å². The van der Waals surface area contributed by atoms with Crippen molar-refractivity contribution in [2.75, 3.05) is 5.73 Å². The number of benzene rings is 1. The van der Waals surface area contributed by atoms with Crippen molar-refractivity contribution in [1.29, 1.82) is 0 Å². The molecule has 0 unspecified atom stereocenters. The van der Waals surface area contributed by atoms with E-state index in [1.807, 2.05) is 12.1 Å². The molecule has 0 spiro atoms. The Morgan fingerprint density at radius 2 is 2.20 bits per heavy atom. The summed E-state index contributed by atoms with van der Waals surface area (Å²) in [5, 5.41) is 0. The Balaban J connectivity index is 2.30. The Morgan fingerprint density at radius 3 is 2.67 bits per heavy atom. The molecule has 0 aliphatic heterocycles. The van der Waals surface area contributed by atoms with Crippen LogP contribution < -0.4 is 5.73 Å². The molecule has 3 heteroatoms.